The zero-order chi connectivity index (χ0) is 17.8. The van der Waals surface area contributed by atoms with Crippen LogP contribution in [-0.2, 0) is 11.3 Å². The molecule has 5 nitrogen and oxygen atoms in total. The number of rotatable bonds is 5. The molecule has 0 bridgehead atoms. The minimum absolute atomic E-state index is 0.0201. The molecule has 5 heteroatoms. The minimum Gasteiger partial charge on any atom is -0.374 e. The van der Waals surface area contributed by atoms with Crippen LogP contribution in [0.5, 0.6) is 0 Å². The van der Waals surface area contributed by atoms with E-state index in [0.29, 0.717) is 12.6 Å². The van der Waals surface area contributed by atoms with Gasteiger partial charge in [-0.05, 0) is 70.3 Å². The van der Waals surface area contributed by atoms with Crippen LogP contribution in [0, 0.1) is 6.92 Å². The van der Waals surface area contributed by atoms with E-state index in [1.54, 1.807) is 0 Å². The summed E-state index contributed by atoms with van der Waals surface area (Å²) < 4.78 is 5.71. The molecule has 2 aliphatic rings. The Labute approximate surface area is 151 Å². The molecule has 0 spiro atoms. The molecular weight excluding hydrogens is 314 g/mol. The number of likely N-dealkylation sites (tertiary alicyclic amines) is 2. The fourth-order valence-electron chi connectivity index (χ4n) is 3.76. The standard InChI is InChI=1S/C20H31N3O2/c1-15(2)25-14-17-7-6-8-19(16(17)3)21-20(24)23-12-9-18(13-23)22-10-4-5-11-22/h6-8,15,18H,4-5,9-14H2,1-3H3,(H,21,24)/t18-/m1/s1. The van der Waals surface area contributed by atoms with E-state index in [1.165, 1.54) is 25.9 Å². The van der Waals surface area contributed by atoms with Crippen LogP contribution in [0.3, 0.4) is 0 Å². The number of amides is 2. The van der Waals surface area contributed by atoms with E-state index in [1.807, 2.05) is 37.8 Å². The quantitative estimate of drug-likeness (QED) is 0.886. The van der Waals surface area contributed by atoms with Gasteiger partial charge in [0.1, 0.15) is 0 Å². The number of urea groups is 1. The van der Waals surface area contributed by atoms with Gasteiger partial charge in [-0.1, -0.05) is 12.1 Å². The minimum atomic E-state index is 0.0201. The Morgan fingerprint density at radius 1 is 1.28 bits per heavy atom. The highest BCUT2D eigenvalue weighted by Gasteiger charge is 2.31. The van der Waals surface area contributed by atoms with E-state index in [2.05, 4.69) is 16.3 Å². The van der Waals surface area contributed by atoms with Gasteiger partial charge in [0, 0.05) is 24.8 Å². The van der Waals surface area contributed by atoms with Gasteiger partial charge in [0.05, 0.1) is 12.7 Å². The average Bonchev–Trinajstić information content (AvgIpc) is 3.26. The molecule has 1 N–H and O–H groups in total. The van der Waals surface area contributed by atoms with Gasteiger partial charge in [-0.3, -0.25) is 4.90 Å². The zero-order valence-electron chi connectivity index (χ0n) is 15.8. The van der Waals surface area contributed by atoms with Crippen LogP contribution in [0.15, 0.2) is 18.2 Å². The van der Waals surface area contributed by atoms with Gasteiger partial charge in [-0.15, -0.1) is 0 Å². The van der Waals surface area contributed by atoms with Gasteiger partial charge in [-0.2, -0.15) is 0 Å². The zero-order valence-corrected chi connectivity index (χ0v) is 15.8. The summed E-state index contributed by atoms with van der Waals surface area (Å²) in [6.07, 6.45) is 3.89. The third kappa shape index (κ3) is 4.53. The molecule has 2 aliphatic heterocycles. The number of carbonyl (C=O) groups excluding carboxylic acids is 1. The summed E-state index contributed by atoms with van der Waals surface area (Å²) in [5, 5.41) is 3.10. The van der Waals surface area contributed by atoms with Crippen molar-refractivity contribution >= 4 is 11.7 Å². The predicted octanol–water partition coefficient (Wildman–Crippen LogP) is 3.62. The Kier molecular flexibility index (Phi) is 5.97. The smallest absolute Gasteiger partial charge is 0.321 e. The van der Waals surface area contributed by atoms with E-state index >= 15 is 0 Å². The van der Waals surface area contributed by atoms with Crippen molar-refractivity contribution in [3.05, 3.63) is 29.3 Å². The number of hydrogen-bond acceptors (Lipinski definition) is 3. The number of nitrogens with zero attached hydrogens (tertiary/aromatic N) is 2. The van der Waals surface area contributed by atoms with Gasteiger partial charge in [-0.25, -0.2) is 4.79 Å². The third-order valence-corrected chi connectivity index (χ3v) is 5.37. The van der Waals surface area contributed by atoms with E-state index < -0.39 is 0 Å². The fraction of sp³-hybridized carbons (Fsp3) is 0.650. The number of nitrogens with one attached hydrogen (secondary N) is 1. The van der Waals surface area contributed by atoms with E-state index in [4.69, 9.17) is 4.74 Å². The SMILES string of the molecule is Cc1c(COC(C)C)cccc1NC(=O)N1CC[C@@H](N2CCCC2)C1. The molecule has 0 saturated carbocycles. The Hall–Kier alpha value is -1.59. The van der Waals surface area contributed by atoms with Crippen molar-refractivity contribution in [2.45, 2.75) is 58.8 Å². The molecule has 2 amide bonds. The third-order valence-electron chi connectivity index (χ3n) is 5.37. The number of ether oxygens (including phenoxy) is 1. The summed E-state index contributed by atoms with van der Waals surface area (Å²) in [6, 6.07) is 6.58. The van der Waals surface area contributed by atoms with E-state index in [9.17, 15) is 4.79 Å². The summed E-state index contributed by atoms with van der Waals surface area (Å²) in [7, 11) is 0. The van der Waals surface area contributed by atoms with Crippen molar-refractivity contribution < 1.29 is 9.53 Å². The predicted molar refractivity (Wildman–Crippen MR) is 101 cm³/mol. The molecule has 0 radical (unpaired) electrons. The first-order valence-electron chi connectivity index (χ1n) is 9.54. The highest BCUT2D eigenvalue weighted by molar-refractivity contribution is 5.90. The first kappa shape index (κ1) is 18.2. The van der Waals surface area contributed by atoms with Crippen molar-refractivity contribution in [1.82, 2.24) is 9.80 Å². The first-order valence-corrected chi connectivity index (χ1v) is 9.54. The van der Waals surface area contributed by atoms with Gasteiger partial charge in [0.25, 0.3) is 0 Å². The maximum absolute atomic E-state index is 12.7. The van der Waals surface area contributed by atoms with E-state index in [0.717, 1.165) is 36.3 Å². The summed E-state index contributed by atoms with van der Waals surface area (Å²) in [5.41, 5.74) is 3.11. The van der Waals surface area contributed by atoms with Gasteiger partial charge >= 0.3 is 6.03 Å². The highest BCUT2D eigenvalue weighted by atomic mass is 16.5. The van der Waals surface area contributed by atoms with Crippen LogP contribution in [0.2, 0.25) is 0 Å². The summed E-state index contributed by atoms with van der Waals surface area (Å²) in [4.78, 5) is 17.2. The van der Waals surface area contributed by atoms with Crippen molar-refractivity contribution in [3.63, 3.8) is 0 Å². The van der Waals surface area contributed by atoms with Crippen molar-refractivity contribution in [1.29, 1.82) is 0 Å². The lowest BCUT2D eigenvalue weighted by Gasteiger charge is -2.24. The number of hydrogen-bond donors (Lipinski definition) is 1. The van der Waals surface area contributed by atoms with Crippen molar-refractivity contribution in [2.24, 2.45) is 0 Å². The van der Waals surface area contributed by atoms with Crippen LogP contribution in [-0.4, -0.2) is 54.2 Å². The molecule has 1 aromatic carbocycles. The van der Waals surface area contributed by atoms with Gasteiger partial charge < -0.3 is 15.0 Å². The molecule has 0 unspecified atom stereocenters. The number of benzene rings is 1. The molecule has 138 valence electrons. The summed E-state index contributed by atoms with van der Waals surface area (Å²) in [5.74, 6) is 0. The summed E-state index contributed by atoms with van der Waals surface area (Å²) in [6.45, 7) is 10.8. The second-order valence-electron chi connectivity index (χ2n) is 7.51. The molecule has 2 saturated heterocycles. The van der Waals surface area contributed by atoms with Crippen LogP contribution < -0.4 is 5.32 Å². The van der Waals surface area contributed by atoms with Gasteiger partial charge in [0.15, 0.2) is 0 Å². The number of anilines is 1. The second kappa shape index (κ2) is 8.19. The van der Waals surface area contributed by atoms with Crippen molar-refractivity contribution in [3.8, 4) is 0 Å². The Balaban J connectivity index is 1.58. The normalized spacial score (nSPS) is 21.3. The molecule has 25 heavy (non-hydrogen) atoms. The lowest BCUT2D eigenvalue weighted by atomic mass is 10.1. The molecule has 3 rings (SSSR count). The van der Waals surface area contributed by atoms with Gasteiger partial charge in [0.2, 0.25) is 0 Å². The topological polar surface area (TPSA) is 44.8 Å². The monoisotopic (exact) mass is 345 g/mol. The fourth-order valence-corrected chi connectivity index (χ4v) is 3.76. The second-order valence-corrected chi connectivity index (χ2v) is 7.51. The van der Waals surface area contributed by atoms with Crippen LogP contribution in [0.1, 0.15) is 44.2 Å². The first-order chi connectivity index (χ1) is 12.0. The lowest BCUT2D eigenvalue weighted by Crippen LogP contribution is -2.38. The van der Waals surface area contributed by atoms with Crippen LogP contribution in [0.25, 0.3) is 0 Å². The maximum Gasteiger partial charge on any atom is 0.321 e. The lowest BCUT2D eigenvalue weighted by molar-refractivity contribution is 0.0654. The molecule has 2 fully saturated rings. The average molecular weight is 345 g/mol. The Morgan fingerprint density at radius 2 is 2.04 bits per heavy atom. The highest BCUT2D eigenvalue weighted by Crippen LogP contribution is 2.23. The van der Waals surface area contributed by atoms with Crippen molar-refractivity contribution in [2.75, 3.05) is 31.5 Å². The Morgan fingerprint density at radius 3 is 2.76 bits per heavy atom. The summed E-state index contributed by atoms with van der Waals surface area (Å²) >= 11 is 0. The number of carbonyl (C=O) groups is 1. The Bertz CT molecular complexity index is 597. The van der Waals surface area contributed by atoms with Crippen LogP contribution >= 0.6 is 0 Å². The maximum atomic E-state index is 12.7. The van der Waals surface area contributed by atoms with E-state index in [-0.39, 0.29) is 12.1 Å². The molecule has 1 aromatic rings. The molecule has 0 aliphatic carbocycles. The molecule has 2 heterocycles. The largest absolute Gasteiger partial charge is 0.374 e. The molecule has 0 aromatic heterocycles. The molecular formula is C20H31N3O2. The van der Waals surface area contributed by atoms with Crippen LogP contribution in [0.4, 0.5) is 10.5 Å². The molecule has 1 atom stereocenters.